The number of carbonyl (C=O) groups is 1. The quantitative estimate of drug-likeness (QED) is 0.455. The Labute approximate surface area is 197 Å². The first kappa shape index (κ1) is 23.2. The summed E-state index contributed by atoms with van der Waals surface area (Å²) in [5.41, 5.74) is 8.52. The predicted molar refractivity (Wildman–Crippen MR) is 128 cm³/mol. The fourth-order valence-corrected chi connectivity index (χ4v) is 3.83. The smallest absolute Gasteiger partial charge is 0.273 e. The van der Waals surface area contributed by atoms with Gasteiger partial charge in [0.1, 0.15) is 5.75 Å². The number of aromatic nitrogens is 4. The molecule has 0 spiro atoms. The largest absolute Gasteiger partial charge is 0.495 e. The minimum Gasteiger partial charge on any atom is -0.495 e. The van der Waals surface area contributed by atoms with Gasteiger partial charge < -0.3 is 25.8 Å². The van der Waals surface area contributed by atoms with Crippen LogP contribution in [0.4, 0.5) is 23.3 Å². The fraction of sp³-hybridized carbons (Fsp3) is 0.348. The monoisotopic (exact) mass is 464 g/mol. The van der Waals surface area contributed by atoms with Crippen LogP contribution in [0.2, 0.25) is 0 Å². The van der Waals surface area contributed by atoms with Gasteiger partial charge in [-0.25, -0.2) is 4.98 Å². The zero-order chi connectivity index (χ0) is 24.2. The molecule has 1 amide bonds. The van der Waals surface area contributed by atoms with Crippen LogP contribution < -0.4 is 25.8 Å². The summed E-state index contributed by atoms with van der Waals surface area (Å²) in [7, 11) is 3.14. The average molecular weight is 465 g/mol. The molecule has 1 aromatic carbocycles. The molecule has 4 rings (SSSR count). The summed E-state index contributed by atoms with van der Waals surface area (Å²) >= 11 is 0. The molecule has 4 N–H and O–H groups in total. The van der Waals surface area contributed by atoms with E-state index in [4.69, 9.17) is 15.2 Å². The minimum absolute atomic E-state index is 0.102. The number of methoxy groups -OCH3 is 2. The van der Waals surface area contributed by atoms with Gasteiger partial charge in [-0.05, 0) is 55.7 Å². The molecular weight excluding hydrogens is 436 g/mol. The van der Waals surface area contributed by atoms with Gasteiger partial charge in [0.25, 0.3) is 5.91 Å². The highest BCUT2D eigenvalue weighted by molar-refractivity contribution is 5.96. The van der Waals surface area contributed by atoms with Crippen molar-refractivity contribution in [1.29, 1.82) is 0 Å². The normalized spacial score (nSPS) is 13.3. The number of nitrogens with one attached hydrogen (secondary N) is 2. The van der Waals surface area contributed by atoms with E-state index in [1.54, 1.807) is 25.4 Å². The maximum atomic E-state index is 11.9. The summed E-state index contributed by atoms with van der Waals surface area (Å²) in [6.45, 7) is 6.24. The molecule has 34 heavy (non-hydrogen) atoms. The van der Waals surface area contributed by atoms with Crippen LogP contribution >= 0.6 is 0 Å². The van der Waals surface area contributed by atoms with Crippen LogP contribution in [-0.4, -0.2) is 57.8 Å². The molecule has 11 heteroatoms. The van der Waals surface area contributed by atoms with Crippen molar-refractivity contribution in [1.82, 2.24) is 25.1 Å². The van der Waals surface area contributed by atoms with Crippen LogP contribution in [0.15, 0.2) is 30.5 Å². The summed E-state index contributed by atoms with van der Waals surface area (Å²) in [5, 5.41) is 14.1. The van der Waals surface area contributed by atoms with Gasteiger partial charge in [0.15, 0.2) is 23.1 Å². The second-order valence-corrected chi connectivity index (χ2v) is 8.14. The van der Waals surface area contributed by atoms with E-state index < -0.39 is 5.91 Å². The SMILES string of the molecule is COc1cc2c(cc1Nc1nnc(C(N)=O)c(Nc3ncccc3OC)n1)CN(C(C)C)CC2. The standard InChI is InChI=1S/C23H28N8O3/c1-13(2)31-9-7-14-11-18(34-4)16(10-15(14)12-31)26-23-28-22(19(20(24)32)29-30-23)27-21-17(33-3)6-5-8-25-21/h5-6,8,10-11,13H,7,9,12H2,1-4H3,(H2,24,32)(H2,25,26,27,28,30). The van der Waals surface area contributed by atoms with E-state index in [0.717, 1.165) is 19.5 Å². The van der Waals surface area contributed by atoms with Crippen molar-refractivity contribution in [3.05, 3.63) is 47.3 Å². The number of rotatable bonds is 8. The predicted octanol–water partition coefficient (Wildman–Crippen LogP) is 2.64. The van der Waals surface area contributed by atoms with Crippen LogP contribution in [0.25, 0.3) is 0 Å². The number of benzene rings is 1. The molecule has 2 aromatic heterocycles. The number of pyridine rings is 1. The molecule has 178 valence electrons. The number of primary amides is 1. The Morgan fingerprint density at radius 3 is 2.59 bits per heavy atom. The van der Waals surface area contributed by atoms with E-state index in [0.29, 0.717) is 29.0 Å². The molecule has 3 heterocycles. The van der Waals surface area contributed by atoms with Gasteiger partial charge in [0, 0.05) is 25.3 Å². The van der Waals surface area contributed by atoms with Crippen molar-refractivity contribution < 1.29 is 14.3 Å². The third-order valence-corrected chi connectivity index (χ3v) is 5.69. The molecule has 0 bridgehead atoms. The van der Waals surface area contributed by atoms with Gasteiger partial charge in [-0.1, -0.05) is 0 Å². The molecule has 0 aliphatic carbocycles. The van der Waals surface area contributed by atoms with Crippen LogP contribution in [0.3, 0.4) is 0 Å². The topological polar surface area (TPSA) is 140 Å². The molecule has 0 unspecified atom stereocenters. The summed E-state index contributed by atoms with van der Waals surface area (Å²) in [4.78, 5) is 23.0. The first-order chi connectivity index (χ1) is 16.4. The number of fused-ring (bicyclic) bond motifs is 1. The summed E-state index contributed by atoms with van der Waals surface area (Å²) < 4.78 is 10.9. The zero-order valence-corrected chi connectivity index (χ0v) is 19.6. The number of ether oxygens (including phenoxy) is 2. The lowest BCUT2D eigenvalue weighted by molar-refractivity contribution is 0.0995. The third kappa shape index (κ3) is 4.84. The summed E-state index contributed by atoms with van der Waals surface area (Å²) in [5.74, 6) is 0.989. The van der Waals surface area contributed by atoms with Crippen LogP contribution in [0, 0.1) is 0 Å². The average Bonchev–Trinajstić information content (AvgIpc) is 2.83. The number of carbonyl (C=O) groups excluding carboxylic acids is 1. The Morgan fingerprint density at radius 2 is 1.88 bits per heavy atom. The van der Waals surface area contributed by atoms with Gasteiger partial charge >= 0.3 is 0 Å². The van der Waals surface area contributed by atoms with Gasteiger partial charge in [0.05, 0.1) is 19.9 Å². The van der Waals surface area contributed by atoms with Crippen molar-refractivity contribution in [2.45, 2.75) is 32.9 Å². The van der Waals surface area contributed by atoms with E-state index in [9.17, 15) is 4.79 Å². The van der Waals surface area contributed by atoms with Gasteiger partial charge in [-0.3, -0.25) is 9.69 Å². The van der Waals surface area contributed by atoms with E-state index >= 15 is 0 Å². The number of anilines is 4. The number of hydrogen-bond acceptors (Lipinski definition) is 10. The van der Waals surface area contributed by atoms with Gasteiger partial charge in [0.2, 0.25) is 5.95 Å². The number of nitrogens with two attached hydrogens (primary N) is 1. The lowest BCUT2D eigenvalue weighted by atomic mass is 9.97. The number of amides is 1. The van der Waals surface area contributed by atoms with E-state index in [2.05, 4.69) is 49.5 Å². The number of nitrogens with zero attached hydrogens (tertiary/aromatic N) is 5. The Kier molecular flexibility index (Phi) is 6.73. The van der Waals surface area contributed by atoms with Gasteiger partial charge in [-0.15, -0.1) is 10.2 Å². The maximum absolute atomic E-state index is 11.9. The maximum Gasteiger partial charge on any atom is 0.273 e. The molecule has 0 atom stereocenters. The van der Waals surface area contributed by atoms with Crippen LogP contribution in [0.1, 0.15) is 35.5 Å². The van der Waals surface area contributed by atoms with Crippen molar-refractivity contribution >= 4 is 29.2 Å². The molecule has 1 aliphatic rings. The Hall–Kier alpha value is -3.99. The first-order valence-corrected chi connectivity index (χ1v) is 10.9. The minimum atomic E-state index is -0.774. The highest BCUT2D eigenvalue weighted by Crippen LogP contribution is 2.34. The fourth-order valence-electron chi connectivity index (χ4n) is 3.83. The molecule has 0 radical (unpaired) electrons. The lowest BCUT2D eigenvalue weighted by Crippen LogP contribution is -2.35. The van der Waals surface area contributed by atoms with Crippen molar-refractivity contribution in [3.63, 3.8) is 0 Å². The Balaban J connectivity index is 1.67. The molecular formula is C23H28N8O3. The van der Waals surface area contributed by atoms with Crippen molar-refractivity contribution in [3.8, 4) is 11.5 Å². The van der Waals surface area contributed by atoms with Crippen molar-refractivity contribution in [2.75, 3.05) is 31.4 Å². The lowest BCUT2D eigenvalue weighted by Gasteiger charge is -2.32. The summed E-state index contributed by atoms with van der Waals surface area (Å²) in [6.07, 6.45) is 2.54. The second-order valence-electron chi connectivity index (χ2n) is 8.14. The highest BCUT2D eigenvalue weighted by Gasteiger charge is 2.22. The molecule has 3 aromatic rings. The second kappa shape index (κ2) is 9.87. The van der Waals surface area contributed by atoms with E-state index in [1.165, 1.54) is 18.2 Å². The van der Waals surface area contributed by atoms with Gasteiger partial charge in [-0.2, -0.15) is 4.98 Å². The highest BCUT2D eigenvalue weighted by atomic mass is 16.5. The Morgan fingerprint density at radius 1 is 1.09 bits per heavy atom. The van der Waals surface area contributed by atoms with Crippen molar-refractivity contribution in [2.24, 2.45) is 5.73 Å². The van der Waals surface area contributed by atoms with E-state index in [-0.39, 0.29) is 17.5 Å². The molecule has 0 saturated carbocycles. The van der Waals surface area contributed by atoms with E-state index in [1.807, 2.05) is 12.1 Å². The van der Waals surface area contributed by atoms with Crippen LogP contribution in [0.5, 0.6) is 11.5 Å². The third-order valence-electron chi connectivity index (χ3n) is 5.69. The molecule has 0 fully saturated rings. The molecule has 0 saturated heterocycles. The molecule has 11 nitrogen and oxygen atoms in total. The first-order valence-electron chi connectivity index (χ1n) is 10.9. The Bertz CT molecular complexity index is 1200. The number of hydrogen-bond donors (Lipinski definition) is 3. The zero-order valence-electron chi connectivity index (χ0n) is 19.6. The molecule has 1 aliphatic heterocycles. The summed E-state index contributed by atoms with van der Waals surface area (Å²) in [6, 6.07) is 8.00. The van der Waals surface area contributed by atoms with Crippen LogP contribution in [-0.2, 0) is 13.0 Å².